The summed E-state index contributed by atoms with van der Waals surface area (Å²) >= 11 is 0. The number of fused-ring (bicyclic) bond motifs is 1. The molecule has 2 rings (SSSR count). The van der Waals surface area contributed by atoms with Gasteiger partial charge in [-0.2, -0.15) is 0 Å². The number of hydrogen-bond acceptors (Lipinski definition) is 2. The highest BCUT2D eigenvalue weighted by Crippen LogP contribution is 2.50. The van der Waals surface area contributed by atoms with Crippen molar-refractivity contribution in [3.8, 4) is 0 Å². The van der Waals surface area contributed by atoms with Crippen LogP contribution in [0.5, 0.6) is 0 Å². The highest BCUT2D eigenvalue weighted by atomic mass is 16.6. The average Bonchev–Trinajstić information content (AvgIpc) is 2.49. The summed E-state index contributed by atoms with van der Waals surface area (Å²) in [5, 5.41) is 0. The molecular formula is C15H22O2. The summed E-state index contributed by atoms with van der Waals surface area (Å²) in [6.45, 7) is 7.90. The third-order valence-corrected chi connectivity index (χ3v) is 3.54. The van der Waals surface area contributed by atoms with E-state index in [2.05, 4.69) is 13.0 Å². The molecule has 2 nitrogen and oxygen atoms in total. The van der Waals surface area contributed by atoms with Crippen LogP contribution in [-0.2, 0) is 9.53 Å². The van der Waals surface area contributed by atoms with Gasteiger partial charge in [-0.25, -0.2) is 4.79 Å². The van der Waals surface area contributed by atoms with Gasteiger partial charge in [0.25, 0.3) is 0 Å². The van der Waals surface area contributed by atoms with Gasteiger partial charge in [0.2, 0.25) is 0 Å². The fraction of sp³-hybridized carbons (Fsp3) is 0.667. The third kappa shape index (κ3) is 2.80. The van der Waals surface area contributed by atoms with E-state index in [1.165, 1.54) is 12.0 Å². The highest BCUT2D eigenvalue weighted by Gasteiger charge is 2.39. The van der Waals surface area contributed by atoms with Crippen molar-refractivity contribution < 1.29 is 9.53 Å². The quantitative estimate of drug-likeness (QED) is 0.414. The minimum absolute atomic E-state index is 0.190. The minimum Gasteiger partial charge on any atom is -0.457 e. The van der Waals surface area contributed by atoms with E-state index >= 15 is 0 Å². The van der Waals surface area contributed by atoms with Crippen molar-refractivity contribution in [3.63, 3.8) is 0 Å². The molecule has 0 spiro atoms. The fourth-order valence-electron chi connectivity index (χ4n) is 2.71. The van der Waals surface area contributed by atoms with E-state index in [0.29, 0.717) is 5.92 Å². The minimum atomic E-state index is -0.391. The van der Waals surface area contributed by atoms with Crippen LogP contribution in [0, 0.1) is 11.8 Å². The van der Waals surface area contributed by atoms with Crippen molar-refractivity contribution >= 4 is 5.97 Å². The zero-order valence-corrected chi connectivity index (χ0v) is 11.2. The molecule has 0 radical (unpaired) electrons. The van der Waals surface area contributed by atoms with Crippen LogP contribution in [0.25, 0.3) is 0 Å². The molecule has 17 heavy (non-hydrogen) atoms. The Morgan fingerprint density at radius 2 is 2.18 bits per heavy atom. The van der Waals surface area contributed by atoms with Crippen LogP contribution in [0.15, 0.2) is 23.3 Å². The Bertz CT molecular complexity index is 382. The summed E-state index contributed by atoms with van der Waals surface area (Å²) in [6, 6.07) is 0. The SMILES string of the molecule is CCC1=C[C@H]2/C(=C/C(=O)OC(C)(C)C)C[C@H]2C1. The summed E-state index contributed by atoms with van der Waals surface area (Å²) < 4.78 is 5.31. The molecule has 0 heterocycles. The number of rotatable bonds is 2. The van der Waals surface area contributed by atoms with Crippen LogP contribution in [0.1, 0.15) is 47.0 Å². The van der Waals surface area contributed by atoms with Crippen molar-refractivity contribution in [1.29, 1.82) is 0 Å². The van der Waals surface area contributed by atoms with Crippen molar-refractivity contribution in [2.45, 2.75) is 52.6 Å². The van der Waals surface area contributed by atoms with Crippen LogP contribution >= 0.6 is 0 Å². The second-order valence-electron chi connectivity index (χ2n) is 6.13. The predicted octanol–water partition coefficient (Wildman–Crippen LogP) is 3.63. The Labute approximate surface area is 104 Å². The Balaban J connectivity index is 1.97. The van der Waals surface area contributed by atoms with Crippen LogP contribution in [0.2, 0.25) is 0 Å². The summed E-state index contributed by atoms with van der Waals surface area (Å²) in [7, 11) is 0. The van der Waals surface area contributed by atoms with E-state index in [1.54, 1.807) is 11.6 Å². The lowest BCUT2D eigenvalue weighted by Gasteiger charge is -2.33. The molecule has 2 heteroatoms. The summed E-state index contributed by atoms with van der Waals surface area (Å²) in [6.07, 6.45) is 7.51. The Morgan fingerprint density at radius 3 is 2.76 bits per heavy atom. The topological polar surface area (TPSA) is 26.3 Å². The van der Waals surface area contributed by atoms with Crippen LogP contribution in [-0.4, -0.2) is 11.6 Å². The maximum Gasteiger partial charge on any atom is 0.331 e. The lowest BCUT2D eigenvalue weighted by Crippen LogP contribution is -2.27. The lowest BCUT2D eigenvalue weighted by atomic mass is 9.71. The number of hydrogen-bond donors (Lipinski definition) is 0. The summed E-state index contributed by atoms with van der Waals surface area (Å²) in [5.74, 6) is 1.10. The van der Waals surface area contributed by atoms with E-state index in [0.717, 1.165) is 18.8 Å². The molecule has 0 unspecified atom stereocenters. The van der Waals surface area contributed by atoms with Crippen molar-refractivity contribution in [1.82, 2.24) is 0 Å². The smallest absolute Gasteiger partial charge is 0.331 e. The van der Waals surface area contributed by atoms with Gasteiger partial charge in [-0.05, 0) is 46.0 Å². The predicted molar refractivity (Wildman–Crippen MR) is 68.5 cm³/mol. The van der Waals surface area contributed by atoms with Gasteiger partial charge >= 0.3 is 5.97 Å². The molecular weight excluding hydrogens is 212 g/mol. The monoisotopic (exact) mass is 234 g/mol. The molecule has 2 aliphatic rings. The second kappa shape index (κ2) is 4.32. The number of allylic oxidation sites excluding steroid dienone is 3. The molecule has 0 N–H and O–H groups in total. The van der Waals surface area contributed by atoms with E-state index < -0.39 is 5.60 Å². The molecule has 0 aromatic carbocycles. The Morgan fingerprint density at radius 1 is 1.47 bits per heavy atom. The van der Waals surface area contributed by atoms with E-state index in [-0.39, 0.29) is 5.97 Å². The molecule has 0 amide bonds. The normalized spacial score (nSPS) is 29.6. The van der Waals surface area contributed by atoms with Gasteiger partial charge < -0.3 is 4.74 Å². The van der Waals surface area contributed by atoms with Gasteiger partial charge in [0.15, 0.2) is 0 Å². The highest BCUT2D eigenvalue weighted by molar-refractivity contribution is 5.83. The molecule has 1 fully saturated rings. The second-order valence-corrected chi connectivity index (χ2v) is 6.13. The zero-order chi connectivity index (χ0) is 12.6. The Hall–Kier alpha value is -1.05. The first-order chi connectivity index (χ1) is 7.89. The van der Waals surface area contributed by atoms with Crippen molar-refractivity contribution in [2.24, 2.45) is 11.8 Å². The molecule has 2 aliphatic carbocycles. The van der Waals surface area contributed by atoms with Gasteiger partial charge in [0, 0.05) is 12.0 Å². The molecule has 2 atom stereocenters. The molecule has 0 aromatic rings. The number of esters is 1. The maximum absolute atomic E-state index is 11.7. The van der Waals surface area contributed by atoms with E-state index in [1.807, 2.05) is 20.8 Å². The number of carbonyl (C=O) groups is 1. The van der Waals surface area contributed by atoms with Gasteiger partial charge in [-0.1, -0.05) is 24.1 Å². The molecule has 94 valence electrons. The van der Waals surface area contributed by atoms with E-state index in [9.17, 15) is 4.79 Å². The van der Waals surface area contributed by atoms with Crippen LogP contribution < -0.4 is 0 Å². The molecule has 1 saturated carbocycles. The van der Waals surface area contributed by atoms with Crippen LogP contribution in [0.4, 0.5) is 0 Å². The van der Waals surface area contributed by atoms with Crippen LogP contribution in [0.3, 0.4) is 0 Å². The maximum atomic E-state index is 11.7. The van der Waals surface area contributed by atoms with Gasteiger partial charge in [-0.3, -0.25) is 0 Å². The summed E-state index contributed by atoms with van der Waals surface area (Å²) in [5.41, 5.74) is 2.41. The number of carbonyl (C=O) groups excluding carboxylic acids is 1. The van der Waals surface area contributed by atoms with E-state index in [4.69, 9.17) is 4.74 Å². The van der Waals surface area contributed by atoms with Gasteiger partial charge in [-0.15, -0.1) is 0 Å². The number of ether oxygens (including phenoxy) is 1. The largest absolute Gasteiger partial charge is 0.457 e. The zero-order valence-electron chi connectivity index (χ0n) is 11.2. The van der Waals surface area contributed by atoms with Crippen molar-refractivity contribution in [3.05, 3.63) is 23.3 Å². The summed E-state index contributed by atoms with van der Waals surface area (Å²) in [4.78, 5) is 11.7. The van der Waals surface area contributed by atoms with Crippen molar-refractivity contribution in [2.75, 3.05) is 0 Å². The third-order valence-electron chi connectivity index (χ3n) is 3.54. The first kappa shape index (κ1) is 12.4. The molecule has 0 bridgehead atoms. The van der Waals surface area contributed by atoms with Gasteiger partial charge in [0.1, 0.15) is 5.60 Å². The average molecular weight is 234 g/mol. The Kier molecular flexibility index (Phi) is 3.15. The lowest BCUT2D eigenvalue weighted by molar-refractivity contribution is -0.148. The first-order valence-corrected chi connectivity index (χ1v) is 6.52. The molecule has 0 aliphatic heterocycles. The van der Waals surface area contributed by atoms with Gasteiger partial charge in [0.05, 0.1) is 0 Å². The molecule has 0 aromatic heterocycles. The standard InChI is InChI=1S/C15H22O2/c1-5-10-6-11-8-12(13(11)7-10)9-14(16)17-15(2,3)4/h7,9,11,13H,5-6,8H2,1-4H3/b12-9+/t11-,13-/m1/s1. The first-order valence-electron chi connectivity index (χ1n) is 6.52. The fourth-order valence-corrected chi connectivity index (χ4v) is 2.71. The molecule has 0 saturated heterocycles.